The van der Waals surface area contributed by atoms with E-state index >= 15 is 0 Å². The molecule has 1 aromatic rings. The summed E-state index contributed by atoms with van der Waals surface area (Å²) < 4.78 is 0. The molecule has 0 aliphatic carbocycles. The topological polar surface area (TPSA) is 49.4 Å². The third kappa shape index (κ3) is 4.76. The molecule has 0 saturated carbocycles. The smallest absolute Gasteiger partial charge is 0.243 e. The number of nitrogens with zero attached hydrogens (tertiary/aromatic N) is 1. The molecule has 1 unspecified atom stereocenters. The fourth-order valence-corrected chi connectivity index (χ4v) is 3.50. The van der Waals surface area contributed by atoms with Gasteiger partial charge < -0.3 is 10.2 Å². The first kappa shape index (κ1) is 19.3. The number of carbonyl (C=O) groups excluding carboxylic acids is 2. The van der Waals surface area contributed by atoms with Gasteiger partial charge in [0.2, 0.25) is 11.8 Å². The molecule has 1 saturated heterocycles. The Bertz CT molecular complexity index is 693. The molecule has 0 bridgehead atoms. The van der Waals surface area contributed by atoms with Gasteiger partial charge in [0.1, 0.15) is 6.04 Å². The standard InChI is InChI=1S/C20H25ClN2O2/c1-5-15-8-9-16(17(21)12-15)14(4)22-20(25)18-7-6-10-23(18)19(24)11-13(2)3/h1,8-9,12-14,18H,6-7,10-11H2,2-4H3,(H,22,25)/t14-,18?/m0/s1. The molecule has 1 N–H and O–H groups in total. The maximum Gasteiger partial charge on any atom is 0.243 e. The van der Waals surface area contributed by atoms with Gasteiger partial charge in [0.25, 0.3) is 0 Å². The minimum Gasteiger partial charge on any atom is -0.348 e. The van der Waals surface area contributed by atoms with Gasteiger partial charge in [-0.2, -0.15) is 0 Å². The number of amides is 2. The van der Waals surface area contributed by atoms with Crippen molar-refractivity contribution in [1.29, 1.82) is 0 Å². The van der Waals surface area contributed by atoms with Crippen molar-refractivity contribution in [2.75, 3.05) is 6.54 Å². The summed E-state index contributed by atoms with van der Waals surface area (Å²) in [6.45, 7) is 6.54. The highest BCUT2D eigenvalue weighted by Gasteiger charge is 2.34. The SMILES string of the molecule is C#Cc1ccc([C@H](C)NC(=O)C2CCCN2C(=O)CC(C)C)c(Cl)c1. The first-order valence-corrected chi connectivity index (χ1v) is 9.07. The number of nitrogens with one attached hydrogen (secondary N) is 1. The Morgan fingerprint density at radius 1 is 1.40 bits per heavy atom. The van der Waals surface area contributed by atoms with Crippen LogP contribution in [0.1, 0.15) is 57.2 Å². The molecule has 1 heterocycles. The second-order valence-corrected chi connectivity index (χ2v) is 7.36. The molecule has 0 aromatic heterocycles. The molecule has 1 aliphatic rings. The van der Waals surface area contributed by atoms with Crippen molar-refractivity contribution in [3.05, 3.63) is 34.3 Å². The average Bonchev–Trinajstić information content (AvgIpc) is 3.03. The quantitative estimate of drug-likeness (QED) is 0.816. The van der Waals surface area contributed by atoms with Crippen LogP contribution in [0.3, 0.4) is 0 Å². The summed E-state index contributed by atoms with van der Waals surface area (Å²) in [5.41, 5.74) is 1.51. The van der Waals surface area contributed by atoms with Crippen molar-refractivity contribution in [2.24, 2.45) is 5.92 Å². The average molecular weight is 361 g/mol. The van der Waals surface area contributed by atoms with Crippen molar-refractivity contribution >= 4 is 23.4 Å². The lowest BCUT2D eigenvalue weighted by Crippen LogP contribution is -2.46. The van der Waals surface area contributed by atoms with E-state index in [-0.39, 0.29) is 23.8 Å². The molecule has 1 aromatic carbocycles. The molecule has 1 aliphatic heterocycles. The number of hydrogen-bond acceptors (Lipinski definition) is 2. The molecule has 134 valence electrons. The fourth-order valence-electron chi connectivity index (χ4n) is 3.16. The summed E-state index contributed by atoms with van der Waals surface area (Å²) in [5.74, 6) is 2.75. The predicted octanol–water partition coefficient (Wildman–Crippen LogP) is 3.54. The van der Waals surface area contributed by atoms with Crippen molar-refractivity contribution in [3.8, 4) is 12.3 Å². The molecule has 2 rings (SSSR count). The zero-order chi connectivity index (χ0) is 18.6. The van der Waals surface area contributed by atoms with Gasteiger partial charge >= 0.3 is 0 Å². The number of carbonyl (C=O) groups is 2. The molecule has 5 heteroatoms. The molecule has 2 atom stereocenters. The van der Waals surface area contributed by atoms with Gasteiger partial charge in [-0.05, 0) is 43.4 Å². The van der Waals surface area contributed by atoms with E-state index < -0.39 is 6.04 Å². The Labute approximate surface area is 154 Å². The van der Waals surface area contributed by atoms with Crippen LogP contribution in [-0.2, 0) is 9.59 Å². The van der Waals surface area contributed by atoms with Crippen LogP contribution in [0.4, 0.5) is 0 Å². The summed E-state index contributed by atoms with van der Waals surface area (Å²) >= 11 is 6.27. The van der Waals surface area contributed by atoms with Crippen molar-refractivity contribution < 1.29 is 9.59 Å². The van der Waals surface area contributed by atoms with Gasteiger partial charge in [-0.1, -0.05) is 37.4 Å². The second-order valence-electron chi connectivity index (χ2n) is 6.95. The van der Waals surface area contributed by atoms with Crippen LogP contribution in [0.5, 0.6) is 0 Å². The number of rotatable bonds is 5. The van der Waals surface area contributed by atoms with E-state index in [1.165, 1.54) is 0 Å². The third-order valence-corrected chi connectivity index (χ3v) is 4.78. The molecule has 4 nitrogen and oxygen atoms in total. The van der Waals surface area contributed by atoms with Gasteiger partial charge in [0.15, 0.2) is 0 Å². The third-order valence-electron chi connectivity index (χ3n) is 4.45. The highest BCUT2D eigenvalue weighted by Crippen LogP contribution is 2.25. The predicted molar refractivity (Wildman–Crippen MR) is 100 cm³/mol. The number of benzene rings is 1. The number of halogens is 1. The Hall–Kier alpha value is -1.99. The first-order chi connectivity index (χ1) is 11.8. The summed E-state index contributed by atoms with van der Waals surface area (Å²) in [6.07, 6.45) is 7.40. The van der Waals surface area contributed by atoms with Gasteiger partial charge in [-0.25, -0.2) is 0 Å². The normalized spacial score (nSPS) is 18.1. The van der Waals surface area contributed by atoms with Gasteiger partial charge in [-0.15, -0.1) is 6.42 Å². The summed E-state index contributed by atoms with van der Waals surface area (Å²) in [5, 5.41) is 3.52. The van der Waals surface area contributed by atoms with Crippen molar-refractivity contribution in [3.63, 3.8) is 0 Å². The Balaban J connectivity index is 2.05. The van der Waals surface area contributed by atoms with E-state index in [4.69, 9.17) is 18.0 Å². The summed E-state index contributed by atoms with van der Waals surface area (Å²) in [4.78, 5) is 26.8. The molecular formula is C20H25ClN2O2. The minimum absolute atomic E-state index is 0.0525. The lowest BCUT2D eigenvalue weighted by Gasteiger charge is -2.26. The summed E-state index contributed by atoms with van der Waals surface area (Å²) in [7, 11) is 0. The van der Waals surface area contributed by atoms with Crippen LogP contribution >= 0.6 is 11.6 Å². The highest BCUT2D eigenvalue weighted by atomic mass is 35.5. The van der Waals surface area contributed by atoms with E-state index in [2.05, 4.69) is 11.2 Å². The molecule has 25 heavy (non-hydrogen) atoms. The molecule has 0 spiro atoms. The van der Waals surface area contributed by atoms with Gasteiger partial charge in [-0.3, -0.25) is 9.59 Å². The van der Waals surface area contributed by atoms with Crippen LogP contribution in [-0.4, -0.2) is 29.3 Å². The van der Waals surface area contributed by atoms with E-state index in [9.17, 15) is 9.59 Å². The molecule has 2 amide bonds. The fraction of sp³-hybridized carbons (Fsp3) is 0.500. The lowest BCUT2D eigenvalue weighted by atomic mass is 10.0. The Morgan fingerprint density at radius 2 is 2.12 bits per heavy atom. The lowest BCUT2D eigenvalue weighted by molar-refractivity contribution is -0.139. The maximum absolute atomic E-state index is 12.7. The van der Waals surface area contributed by atoms with Crippen LogP contribution in [0.2, 0.25) is 5.02 Å². The zero-order valence-electron chi connectivity index (χ0n) is 15.0. The van der Waals surface area contributed by atoms with E-state index in [0.717, 1.165) is 12.0 Å². The molecule has 0 radical (unpaired) electrons. The van der Waals surface area contributed by atoms with Crippen LogP contribution in [0.15, 0.2) is 18.2 Å². The van der Waals surface area contributed by atoms with E-state index in [1.807, 2.05) is 26.8 Å². The highest BCUT2D eigenvalue weighted by molar-refractivity contribution is 6.31. The second kappa shape index (κ2) is 8.40. The van der Waals surface area contributed by atoms with Crippen LogP contribution < -0.4 is 5.32 Å². The minimum atomic E-state index is -0.391. The monoisotopic (exact) mass is 360 g/mol. The molecular weight excluding hydrogens is 336 g/mol. The maximum atomic E-state index is 12.7. The Morgan fingerprint density at radius 3 is 2.72 bits per heavy atom. The Kier molecular flexibility index (Phi) is 6.50. The van der Waals surface area contributed by atoms with E-state index in [0.29, 0.717) is 30.0 Å². The van der Waals surface area contributed by atoms with Crippen LogP contribution in [0.25, 0.3) is 0 Å². The van der Waals surface area contributed by atoms with E-state index in [1.54, 1.807) is 17.0 Å². The molecule has 1 fully saturated rings. The van der Waals surface area contributed by atoms with Gasteiger partial charge in [0.05, 0.1) is 6.04 Å². The van der Waals surface area contributed by atoms with Crippen molar-refractivity contribution in [1.82, 2.24) is 10.2 Å². The number of terminal acetylenes is 1. The number of likely N-dealkylation sites (tertiary alicyclic amines) is 1. The summed E-state index contributed by atoms with van der Waals surface area (Å²) in [6, 6.07) is 4.71. The van der Waals surface area contributed by atoms with Crippen LogP contribution in [0, 0.1) is 18.3 Å². The van der Waals surface area contributed by atoms with Gasteiger partial charge in [0, 0.05) is 23.6 Å². The number of hydrogen-bond donors (Lipinski definition) is 1. The zero-order valence-corrected chi connectivity index (χ0v) is 15.8. The first-order valence-electron chi connectivity index (χ1n) is 8.69. The van der Waals surface area contributed by atoms with Crippen molar-refractivity contribution in [2.45, 2.75) is 52.1 Å². The largest absolute Gasteiger partial charge is 0.348 e.